The van der Waals surface area contributed by atoms with Crippen LogP contribution in [0.2, 0.25) is 5.02 Å². The molecule has 1 unspecified atom stereocenters. The second kappa shape index (κ2) is 14.5. The number of carbonyl (C=O) groups excluding carboxylic acids is 5. The predicted octanol–water partition coefficient (Wildman–Crippen LogP) is 4.22. The Labute approximate surface area is 336 Å². The number of nitrogens with one attached hydrogen (secondary N) is 1. The van der Waals surface area contributed by atoms with E-state index in [1.807, 2.05) is 35.2 Å². The molecule has 15 heteroatoms. The Morgan fingerprint density at radius 1 is 0.895 bits per heavy atom. The average molecular weight is 790 g/mol. The Balaban J connectivity index is 0.741. The van der Waals surface area contributed by atoms with Gasteiger partial charge in [-0.15, -0.1) is 0 Å². The second-order valence-electron chi connectivity index (χ2n) is 16.4. The van der Waals surface area contributed by atoms with E-state index in [4.69, 9.17) is 18.2 Å². The number of anilines is 3. The van der Waals surface area contributed by atoms with Crippen LogP contribution in [0.3, 0.4) is 0 Å². The quantitative estimate of drug-likeness (QED) is 0.286. The summed E-state index contributed by atoms with van der Waals surface area (Å²) >= 11 is 6.38. The van der Waals surface area contributed by atoms with Crippen LogP contribution >= 0.6 is 11.6 Å². The Bertz CT molecular complexity index is 2200. The van der Waals surface area contributed by atoms with E-state index in [1.165, 1.54) is 0 Å². The van der Waals surface area contributed by atoms with Crippen LogP contribution in [0.1, 0.15) is 70.2 Å². The number of rotatable bonds is 6. The number of benzene rings is 2. The van der Waals surface area contributed by atoms with E-state index in [0.717, 1.165) is 87.0 Å². The van der Waals surface area contributed by atoms with Gasteiger partial charge in [-0.25, -0.2) is 9.83 Å². The number of piperazine rings is 1. The van der Waals surface area contributed by atoms with Crippen LogP contribution in [-0.4, -0.2) is 126 Å². The van der Waals surface area contributed by atoms with E-state index in [9.17, 15) is 24.0 Å². The van der Waals surface area contributed by atoms with Gasteiger partial charge in [0.2, 0.25) is 17.5 Å². The molecule has 1 aromatic heterocycles. The molecule has 3 aromatic rings. The normalized spacial score (nSPS) is 23.8. The van der Waals surface area contributed by atoms with Gasteiger partial charge in [0, 0.05) is 99.4 Å². The van der Waals surface area contributed by atoms with Crippen molar-refractivity contribution in [2.24, 2.45) is 5.41 Å². The maximum absolute atomic E-state index is 13.5. The molecule has 9 rings (SSSR count). The van der Waals surface area contributed by atoms with Crippen molar-refractivity contribution in [3.8, 4) is 0 Å². The van der Waals surface area contributed by atoms with Crippen LogP contribution in [-0.2, 0) is 9.59 Å². The second-order valence-corrected chi connectivity index (χ2v) is 16.8. The van der Waals surface area contributed by atoms with Gasteiger partial charge in [0.1, 0.15) is 11.7 Å². The van der Waals surface area contributed by atoms with Crippen LogP contribution in [0.15, 0.2) is 54.7 Å². The first-order valence-electron chi connectivity index (χ1n) is 19.8. The maximum atomic E-state index is 13.5. The number of piperidine rings is 2. The molecule has 1 spiro atoms. The predicted molar refractivity (Wildman–Crippen MR) is 214 cm³/mol. The number of halogens is 1. The van der Waals surface area contributed by atoms with Gasteiger partial charge in [-0.05, 0) is 80.5 Å². The minimum absolute atomic E-state index is 0.0287. The summed E-state index contributed by atoms with van der Waals surface area (Å²) in [6.45, 7) is 16.8. The number of imide groups is 2. The van der Waals surface area contributed by atoms with Crippen molar-refractivity contribution in [3.05, 3.63) is 88.0 Å². The largest absolute Gasteiger partial charge is 0.371 e. The molecular formula is C42H44ClN9O5. The van der Waals surface area contributed by atoms with Gasteiger partial charge in [-0.1, -0.05) is 17.7 Å². The SMILES string of the molecule is [C-]#[N+]c1ccc(N2CC3(CCN(c4ccc(C(=O)N5CCN(C6CN(c7cnc8c(c7)C(=O)N(C7CCC(=O)NC7=O)C8=O)C6)CC5)cc4)CC3)C[C@@H]2C)cc1Cl. The lowest BCUT2D eigenvalue weighted by atomic mass is 9.76. The lowest BCUT2D eigenvalue weighted by Gasteiger charge is -2.49. The van der Waals surface area contributed by atoms with E-state index >= 15 is 0 Å². The van der Waals surface area contributed by atoms with Gasteiger partial charge < -0.3 is 19.6 Å². The number of hydrogen-bond acceptors (Lipinski definition) is 10. The zero-order valence-corrected chi connectivity index (χ0v) is 32.6. The van der Waals surface area contributed by atoms with Gasteiger partial charge >= 0.3 is 0 Å². The number of aromatic nitrogens is 1. The lowest BCUT2D eigenvalue weighted by molar-refractivity contribution is -0.136. The lowest BCUT2D eigenvalue weighted by Crippen LogP contribution is -2.63. The summed E-state index contributed by atoms with van der Waals surface area (Å²) < 4.78 is 0. The van der Waals surface area contributed by atoms with Gasteiger partial charge in [0.05, 0.1) is 24.0 Å². The third kappa shape index (κ3) is 6.66. The van der Waals surface area contributed by atoms with Crippen LogP contribution in [0.25, 0.3) is 4.85 Å². The molecule has 0 radical (unpaired) electrons. The number of fused-ring (bicyclic) bond motifs is 1. The summed E-state index contributed by atoms with van der Waals surface area (Å²) in [5.41, 5.74) is 4.61. The molecule has 2 aromatic carbocycles. The fourth-order valence-electron chi connectivity index (χ4n) is 9.72. The van der Waals surface area contributed by atoms with Crippen LogP contribution in [0, 0.1) is 12.0 Å². The van der Waals surface area contributed by atoms with Crippen molar-refractivity contribution in [3.63, 3.8) is 0 Å². The highest BCUT2D eigenvalue weighted by Crippen LogP contribution is 2.46. The Kier molecular flexibility index (Phi) is 9.40. The summed E-state index contributed by atoms with van der Waals surface area (Å²) in [6.07, 6.45) is 5.09. The standard InChI is InChI=1S/C42H44ClN9O5/c1-26-21-42(25-51(26)29-7-8-34(44-2)33(43)20-29)11-13-47(14-12-42)28-5-3-27(4-6-28)39(55)49-17-15-48(16-18-49)31-23-50(24-31)30-19-32-37(45-22-30)41(57)52(40(32)56)35-9-10-36(53)46-38(35)54/h3-8,19-20,22,26,31,35H,9-18,21,23-25H2,1H3,(H,46,53,54)/t26-,35?/m0/s1. The summed E-state index contributed by atoms with van der Waals surface area (Å²) in [5.74, 6) is -2.19. The molecular weight excluding hydrogens is 746 g/mol. The first-order valence-corrected chi connectivity index (χ1v) is 20.2. The number of hydrogen-bond donors (Lipinski definition) is 1. The van der Waals surface area contributed by atoms with Gasteiger partial charge in [-0.3, -0.25) is 39.1 Å². The van der Waals surface area contributed by atoms with Gasteiger partial charge in [0.25, 0.3) is 17.7 Å². The van der Waals surface area contributed by atoms with Crippen molar-refractivity contribution in [2.45, 2.75) is 57.2 Å². The summed E-state index contributed by atoms with van der Waals surface area (Å²) in [6, 6.07) is 15.2. The zero-order valence-electron chi connectivity index (χ0n) is 31.8. The van der Waals surface area contributed by atoms with Crippen molar-refractivity contribution in [1.29, 1.82) is 0 Å². The van der Waals surface area contributed by atoms with Crippen LogP contribution in [0.4, 0.5) is 22.7 Å². The van der Waals surface area contributed by atoms with Gasteiger partial charge in [0.15, 0.2) is 0 Å². The van der Waals surface area contributed by atoms with Crippen molar-refractivity contribution in [2.75, 3.05) is 73.6 Å². The molecule has 1 N–H and O–H groups in total. The summed E-state index contributed by atoms with van der Waals surface area (Å²) in [4.78, 5) is 83.9. The highest BCUT2D eigenvalue weighted by Gasteiger charge is 2.47. The Hall–Kier alpha value is -5.52. The van der Waals surface area contributed by atoms with Gasteiger partial charge in [-0.2, -0.15) is 0 Å². The molecule has 5 amide bonds. The Morgan fingerprint density at radius 2 is 1.61 bits per heavy atom. The van der Waals surface area contributed by atoms with Crippen molar-refractivity contribution in [1.82, 2.24) is 25.0 Å². The number of pyridine rings is 1. The molecule has 7 heterocycles. The van der Waals surface area contributed by atoms with Crippen LogP contribution < -0.4 is 20.0 Å². The molecule has 6 aliphatic rings. The minimum Gasteiger partial charge on any atom is -0.371 e. The number of carbonyl (C=O) groups is 5. The molecule has 294 valence electrons. The first-order chi connectivity index (χ1) is 27.5. The fraction of sp³-hybridized carbons (Fsp3) is 0.452. The third-order valence-electron chi connectivity index (χ3n) is 13.1. The fourth-order valence-corrected chi connectivity index (χ4v) is 9.94. The van der Waals surface area contributed by atoms with E-state index in [-0.39, 0.29) is 35.4 Å². The topological polar surface area (TPSA) is 134 Å². The zero-order chi connectivity index (χ0) is 39.6. The molecule has 5 fully saturated rings. The molecule has 0 aliphatic carbocycles. The van der Waals surface area contributed by atoms with E-state index in [0.29, 0.717) is 41.4 Å². The molecule has 5 saturated heterocycles. The van der Waals surface area contributed by atoms with Crippen molar-refractivity contribution >= 4 is 63.9 Å². The minimum atomic E-state index is -1.02. The molecule has 14 nitrogen and oxygen atoms in total. The molecule has 0 bridgehead atoms. The molecule has 0 saturated carbocycles. The highest BCUT2D eigenvalue weighted by molar-refractivity contribution is 6.33. The average Bonchev–Trinajstić information content (AvgIpc) is 3.65. The summed E-state index contributed by atoms with van der Waals surface area (Å²) in [5, 5.41) is 2.72. The summed E-state index contributed by atoms with van der Waals surface area (Å²) in [7, 11) is 0. The Morgan fingerprint density at radius 3 is 2.30 bits per heavy atom. The van der Waals surface area contributed by atoms with Crippen molar-refractivity contribution < 1.29 is 24.0 Å². The monoisotopic (exact) mass is 789 g/mol. The van der Waals surface area contributed by atoms with Crippen LogP contribution in [0.5, 0.6) is 0 Å². The van der Waals surface area contributed by atoms with E-state index in [2.05, 4.69) is 53.8 Å². The smallest absolute Gasteiger partial charge is 0.280 e. The number of nitrogens with zero attached hydrogens (tertiary/aromatic N) is 8. The van der Waals surface area contributed by atoms with E-state index < -0.39 is 29.7 Å². The molecule has 2 atom stereocenters. The molecule has 57 heavy (non-hydrogen) atoms. The number of amides is 5. The highest BCUT2D eigenvalue weighted by atomic mass is 35.5. The maximum Gasteiger partial charge on any atom is 0.280 e. The third-order valence-corrected chi connectivity index (χ3v) is 13.4. The first kappa shape index (κ1) is 37.1. The molecule has 6 aliphatic heterocycles. The van der Waals surface area contributed by atoms with E-state index in [1.54, 1.807) is 12.3 Å².